The molecule has 1 saturated carbocycles. The number of hydrogen-bond donors (Lipinski definition) is 0. The molecule has 3 heterocycles. The van der Waals surface area contributed by atoms with Gasteiger partial charge in [-0.15, -0.1) is 0 Å². The number of carbonyl (C=O) groups excluding carboxylic acids is 2. The second kappa shape index (κ2) is 7.19. The van der Waals surface area contributed by atoms with Gasteiger partial charge >= 0.3 is 0 Å². The normalized spacial score (nSPS) is 20.7. The van der Waals surface area contributed by atoms with Crippen LogP contribution in [0.4, 0.5) is 0 Å². The molecular formula is C23H27N3O2. The minimum absolute atomic E-state index is 0.0818. The first-order valence-corrected chi connectivity index (χ1v) is 10.7. The summed E-state index contributed by atoms with van der Waals surface area (Å²) in [5.41, 5.74) is 2.74. The van der Waals surface area contributed by atoms with Crippen LogP contribution in [0, 0.1) is 5.92 Å². The maximum absolute atomic E-state index is 13.3. The van der Waals surface area contributed by atoms with Gasteiger partial charge in [0.25, 0.3) is 5.91 Å². The van der Waals surface area contributed by atoms with Gasteiger partial charge in [-0.05, 0) is 50.7 Å². The third kappa shape index (κ3) is 3.27. The zero-order valence-corrected chi connectivity index (χ0v) is 16.3. The van der Waals surface area contributed by atoms with E-state index in [1.54, 1.807) is 0 Å². The lowest BCUT2D eigenvalue weighted by Crippen LogP contribution is -2.43. The van der Waals surface area contributed by atoms with Gasteiger partial charge in [0.1, 0.15) is 0 Å². The van der Waals surface area contributed by atoms with E-state index in [1.165, 1.54) is 12.8 Å². The molecule has 0 N–H and O–H groups in total. The molecule has 1 aliphatic carbocycles. The summed E-state index contributed by atoms with van der Waals surface area (Å²) in [6, 6.07) is 9.97. The molecular weight excluding hydrogens is 350 g/mol. The van der Waals surface area contributed by atoms with Gasteiger partial charge in [-0.1, -0.05) is 18.2 Å². The molecule has 5 nitrogen and oxygen atoms in total. The molecule has 146 valence electrons. The average Bonchev–Trinajstić information content (AvgIpc) is 3.46. The fourth-order valence-electron chi connectivity index (χ4n) is 4.66. The summed E-state index contributed by atoms with van der Waals surface area (Å²) in [4.78, 5) is 34.7. The van der Waals surface area contributed by atoms with Gasteiger partial charge in [0, 0.05) is 49.1 Å². The van der Waals surface area contributed by atoms with Crippen molar-refractivity contribution in [3.05, 3.63) is 41.6 Å². The molecule has 0 unspecified atom stereocenters. The first-order chi connectivity index (χ1) is 13.7. The van der Waals surface area contributed by atoms with E-state index in [0.29, 0.717) is 24.9 Å². The molecule has 0 bridgehead atoms. The van der Waals surface area contributed by atoms with Crippen LogP contribution in [0.1, 0.15) is 60.5 Å². The topological polar surface area (TPSA) is 53.5 Å². The minimum Gasteiger partial charge on any atom is -0.342 e. The molecule has 2 aromatic rings. The zero-order chi connectivity index (χ0) is 19.1. The standard InChI is InChI=1S/C23H27N3O2/c27-22(25-11-3-4-12-25)17-9-13-26(14-10-17)23(28)19-15-21(16-7-8-16)24-20-6-2-1-5-18(19)20/h1-2,5-6,15-17H,3-4,7-14H2. The van der Waals surface area contributed by atoms with Crippen molar-refractivity contribution < 1.29 is 9.59 Å². The van der Waals surface area contributed by atoms with Crippen molar-refractivity contribution in [2.24, 2.45) is 5.92 Å². The van der Waals surface area contributed by atoms with Gasteiger partial charge in [-0.3, -0.25) is 14.6 Å². The number of nitrogens with zero attached hydrogens (tertiary/aromatic N) is 3. The zero-order valence-electron chi connectivity index (χ0n) is 16.3. The van der Waals surface area contributed by atoms with E-state index in [-0.39, 0.29) is 11.8 Å². The Morgan fingerprint density at radius 3 is 2.32 bits per heavy atom. The predicted octanol–water partition coefficient (Wildman–Crippen LogP) is 3.59. The lowest BCUT2D eigenvalue weighted by atomic mass is 9.94. The van der Waals surface area contributed by atoms with Crippen molar-refractivity contribution in [3.63, 3.8) is 0 Å². The molecule has 28 heavy (non-hydrogen) atoms. The maximum atomic E-state index is 13.3. The fraction of sp³-hybridized carbons (Fsp3) is 0.522. The molecule has 5 heteroatoms. The highest BCUT2D eigenvalue weighted by Gasteiger charge is 2.33. The summed E-state index contributed by atoms with van der Waals surface area (Å²) in [5, 5.41) is 0.937. The Morgan fingerprint density at radius 1 is 0.893 bits per heavy atom. The summed E-state index contributed by atoms with van der Waals surface area (Å²) in [7, 11) is 0. The molecule has 1 aromatic carbocycles. The van der Waals surface area contributed by atoms with Crippen molar-refractivity contribution in [3.8, 4) is 0 Å². The Bertz CT molecular complexity index is 907. The second-order valence-electron chi connectivity index (χ2n) is 8.48. The van der Waals surface area contributed by atoms with Crippen molar-refractivity contribution in [1.82, 2.24) is 14.8 Å². The minimum atomic E-state index is 0.0818. The van der Waals surface area contributed by atoms with E-state index in [0.717, 1.165) is 60.9 Å². The van der Waals surface area contributed by atoms with Crippen molar-refractivity contribution >= 4 is 22.7 Å². The first kappa shape index (κ1) is 17.7. The summed E-state index contributed by atoms with van der Waals surface area (Å²) >= 11 is 0. The summed E-state index contributed by atoms with van der Waals surface area (Å²) in [6.07, 6.45) is 6.15. The molecule has 5 rings (SSSR count). The van der Waals surface area contributed by atoms with Crippen molar-refractivity contribution in [2.75, 3.05) is 26.2 Å². The van der Waals surface area contributed by atoms with Gasteiger partial charge in [-0.2, -0.15) is 0 Å². The molecule has 3 aliphatic rings. The molecule has 1 aromatic heterocycles. The van der Waals surface area contributed by atoms with Crippen LogP contribution in [0.2, 0.25) is 0 Å². The highest BCUT2D eigenvalue weighted by Crippen LogP contribution is 2.40. The number of benzene rings is 1. The number of rotatable bonds is 3. The number of likely N-dealkylation sites (tertiary alicyclic amines) is 2. The summed E-state index contributed by atoms with van der Waals surface area (Å²) in [6.45, 7) is 3.15. The first-order valence-electron chi connectivity index (χ1n) is 10.7. The van der Waals surface area contributed by atoms with Crippen LogP contribution in [-0.2, 0) is 4.79 Å². The van der Waals surface area contributed by atoms with Crippen LogP contribution in [-0.4, -0.2) is 52.8 Å². The van der Waals surface area contributed by atoms with E-state index in [4.69, 9.17) is 4.98 Å². The number of pyridine rings is 1. The van der Waals surface area contributed by atoms with Gasteiger partial charge in [0.2, 0.25) is 5.91 Å². The Balaban J connectivity index is 1.34. The van der Waals surface area contributed by atoms with Crippen molar-refractivity contribution in [1.29, 1.82) is 0 Å². The number of piperidine rings is 1. The molecule has 0 radical (unpaired) electrons. The third-order valence-corrected chi connectivity index (χ3v) is 6.51. The SMILES string of the molecule is O=C(c1cc(C2CC2)nc2ccccc12)N1CCC(C(=O)N2CCCC2)CC1. The monoisotopic (exact) mass is 377 g/mol. The van der Waals surface area contributed by atoms with E-state index >= 15 is 0 Å². The quantitative estimate of drug-likeness (QED) is 0.821. The molecule has 2 amide bonds. The number of hydrogen-bond acceptors (Lipinski definition) is 3. The Hall–Kier alpha value is -2.43. The summed E-state index contributed by atoms with van der Waals surface area (Å²) < 4.78 is 0. The van der Waals surface area contributed by atoms with Crippen molar-refractivity contribution in [2.45, 2.75) is 44.4 Å². The number of amides is 2. The highest BCUT2D eigenvalue weighted by atomic mass is 16.2. The predicted molar refractivity (Wildman–Crippen MR) is 108 cm³/mol. The van der Waals surface area contributed by atoms with Gasteiger partial charge in [-0.25, -0.2) is 0 Å². The number of carbonyl (C=O) groups is 2. The van der Waals surface area contributed by atoms with Gasteiger partial charge in [0.15, 0.2) is 0 Å². The Kier molecular flexibility index (Phi) is 4.53. The maximum Gasteiger partial charge on any atom is 0.254 e. The van der Waals surface area contributed by atoms with E-state index in [2.05, 4.69) is 0 Å². The number of aromatic nitrogens is 1. The number of fused-ring (bicyclic) bond motifs is 1. The van der Waals surface area contributed by atoms with Gasteiger partial charge in [0.05, 0.1) is 11.1 Å². The van der Waals surface area contributed by atoms with Crippen LogP contribution < -0.4 is 0 Å². The highest BCUT2D eigenvalue weighted by molar-refractivity contribution is 6.06. The Labute approximate surface area is 165 Å². The molecule has 3 fully saturated rings. The lowest BCUT2D eigenvalue weighted by molar-refractivity contribution is -0.135. The van der Waals surface area contributed by atoms with Crippen LogP contribution in [0.5, 0.6) is 0 Å². The molecule has 2 aliphatic heterocycles. The largest absolute Gasteiger partial charge is 0.342 e. The lowest BCUT2D eigenvalue weighted by Gasteiger charge is -2.33. The van der Waals surface area contributed by atoms with E-state index in [9.17, 15) is 9.59 Å². The van der Waals surface area contributed by atoms with E-state index in [1.807, 2.05) is 40.1 Å². The summed E-state index contributed by atoms with van der Waals surface area (Å²) in [5.74, 6) is 0.987. The fourth-order valence-corrected chi connectivity index (χ4v) is 4.66. The average molecular weight is 377 g/mol. The van der Waals surface area contributed by atoms with Crippen LogP contribution in [0.3, 0.4) is 0 Å². The number of para-hydroxylation sites is 1. The molecule has 0 atom stereocenters. The molecule has 2 saturated heterocycles. The second-order valence-corrected chi connectivity index (χ2v) is 8.48. The van der Waals surface area contributed by atoms with Crippen LogP contribution in [0.15, 0.2) is 30.3 Å². The van der Waals surface area contributed by atoms with Gasteiger partial charge < -0.3 is 9.80 Å². The molecule has 0 spiro atoms. The van der Waals surface area contributed by atoms with Crippen LogP contribution >= 0.6 is 0 Å². The van der Waals surface area contributed by atoms with E-state index < -0.39 is 0 Å². The third-order valence-electron chi connectivity index (χ3n) is 6.51. The van der Waals surface area contributed by atoms with Crippen LogP contribution in [0.25, 0.3) is 10.9 Å². The Morgan fingerprint density at radius 2 is 1.61 bits per heavy atom. The smallest absolute Gasteiger partial charge is 0.254 e.